The Kier molecular flexibility index (Phi) is 4.50. The number of hydrogen-bond acceptors (Lipinski definition) is 1. The highest BCUT2D eigenvalue weighted by Gasteiger charge is 2.13. The van der Waals surface area contributed by atoms with Gasteiger partial charge in [-0.3, -0.25) is 0 Å². The lowest BCUT2D eigenvalue weighted by molar-refractivity contribution is -0.873. The minimum absolute atomic E-state index is 0.307. The van der Waals surface area contributed by atoms with Crippen molar-refractivity contribution in [1.82, 2.24) is 0 Å². The molecule has 1 unspecified atom stereocenters. The monoisotopic (exact) mass is 172 g/mol. The third-order valence-electron chi connectivity index (χ3n) is 1.42. The molecule has 72 valence electrons. The predicted octanol–water partition coefficient (Wildman–Crippen LogP) is 1.67. The number of likely N-dealkylation sites (N-methyl/N-ethyl adjacent to an activating group) is 1. The molecule has 0 aliphatic carbocycles. The molecule has 0 aliphatic heterocycles. The van der Waals surface area contributed by atoms with Crippen LogP contribution in [0.5, 0.6) is 0 Å². The van der Waals surface area contributed by atoms with E-state index in [1.807, 2.05) is 6.92 Å². The van der Waals surface area contributed by atoms with Gasteiger partial charge < -0.3 is 9.22 Å². The fourth-order valence-corrected chi connectivity index (χ4v) is 1.11. The molecule has 0 bridgehead atoms. The van der Waals surface area contributed by atoms with Crippen LogP contribution in [0.3, 0.4) is 0 Å². The quantitative estimate of drug-likeness (QED) is 0.453. The van der Waals surface area contributed by atoms with Crippen LogP contribution in [0, 0.1) is 0 Å². The SMILES string of the molecule is C=C(C)COC(C)C[N+](C)(C)C. The largest absolute Gasteiger partial charge is 0.368 e. The first-order valence-electron chi connectivity index (χ1n) is 4.37. The van der Waals surface area contributed by atoms with E-state index in [0.29, 0.717) is 12.7 Å². The number of quaternary nitrogens is 1. The van der Waals surface area contributed by atoms with Crippen LogP contribution in [0.1, 0.15) is 13.8 Å². The summed E-state index contributed by atoms with van der Waals surface area (Å²) in [4.78, 5) is 0. The molecule has 2 nitrogen and oxygen atoms in total. The summed E-state index contributed by atoms with van der Waals surface area (Å²) in [5, 5.41) is 0. The van der Waals surface area contributed by atoms with Crippen LogP contribution in [0.25, 0.3) is 0 Å². The van der Waals surface area contributed by atoms with E-state index in [1.165, 1.54) is 0 Å². The van der Waals surface area contributed by atoms with Crippen molar-refractivity contribution in [2.24, 2.45) is 0 Å². The maximum Gasteiger partial charge on any atom is 0.104 e. The molecule has 0 radical (unpaired) electrons. The number of rotatable bonds is 5. The van der Waals surface area contributed by atoms with Crippen molar-refractivity contribution in [2.75, 3.05) is 34.3 Å². The first kappa shape index (κ1) is 11.7. The van der Waals surface area contributed by atoms with Crippen molar-refractivity contribution >= 4 is 0 Å². The van der Waals surface area contributed by atoms with Crippen molar-refractivity contribution in [2.45, 2.75) is 20.0 Å². The Morgan fingerprint density at radius 2 is 1.92 bits per heavy atom. The van der Waals surface area contributed by atoms with Crippen LogP contribution in [0.15, 0.2) is 12.2 Å². The number of ether oxygens (including phenoxy) is 1. The lowest BCUT2D eigenvalue weighted by Crippen LogP contribution is -2.41. The van der Waals surface area contributed by atoms with Gasteiger partial charge in [-0.2, -0.15) is 0 Å². The standard InChI is InChI=1S/C10H22NO/c1-9(2)8-12-10(3)7-11(4,5)6/h10H,1,7-8H2,2-6H3/q+1. The molecule has 0 aromatic carbocycles. The first-order valence-corrected chi connectivity index (χ1v) is 4.37. The summed E-state index contributed by atoms with van der Waals surface area (Å²) in [5.74, 6) is 0. The molecule has 0 fully saturated rings. The van der Waals surface area contributed by atoms with Crippen molar-refractivity contribution in [1.29, 1.82) is 0 Å². The van der Waals surface area contributed by atoms with E-state index < -0.39 is 0 Å². The normalized spacial score (nSPS) is 14.4. The maximum atomic E-state index is 5.56. The van der Waals surface area contributed by atoms with Gasteiger partial charge in [0.25, 0.3) is 0 Å². The molecular weight excluding hydrogens is 150 g/mol. The molecule has 0 saturated heterocycles. The zero-order chi connectivity index (χ0) is 9.78. The van der Waals surface area contributed by atoms with Gasteiger partial charge >= 0.3 is 0 Å². The van der Waals surface area contributed by atoms with Gasteiger partial charge in [0.2, 0.25) is 0 Å². The molecular formula is C10H22NO+. The molecule has 0 heterocycles. The topological polar surface area (TPSA) is 9.23 Å². The molecule has 0 aromatic rings. The van der Waals surface area contributed by atoms with Gasteiger partial charge in [0.05, 0.1) is 27.7 Å². The summed E-state index contributed by atoms with van der Waals surface area (Å²) in [5.41, 5.74) is 1.09. The van der Waals surface area contributed by atoms with Gasteiger partial charge in [0.1, 0.15) is 12.6 Å². The molecule has 0 saturated carbocycles. The number of nitrogens with zero attached hydrogens (tertiary/aromatic N) is 1. The molecule has 0 aromatic heterocycles. The van der Waals surface area contributed by atoms with Crippen LogP contribution in [0.4, 0.5) is 0 Å². The molecule has 0 spiro atoms. The highest BCUT2D eigenvalue weighted by molar-refractivity contribution is 4.87. The average Bonchev–Trinajstić information content (AvgIpc) is 1.79. The second kappa shape index (κ2) is 4.63. The minimum atomic E-state index is 0.307. The zero-order valence-electron chi connectivity index (χ0n) is 9.05. The Morgan fingerprint density at radius 3 is 2.25 bits per heavy atom. The molecule has 2 heteroatoms. The molecule has 12 heavy (non-hydrogen) atoms. The fraction of sp³-hybridized carbons (Fsp3) is 0.800. The summed E-state index contributed by atoms with van der Waals surface area (Å²) in [6.45, 7) is 9.60. The lowest BCUT2D eigenvalue weighted by atomic mass is 10.3. The van der Waals surface area contributed by atoms with Crippen molar-refractivity contribution in [3.63, 3.8) is 0 Å². The van der Waals surface area contributed by atoms with Gasteiger partial charge in [-0.1, -0.05) is 12.2 Å². The van der Waals surface area contributed by atoms with Crippen molar-refractivity contribution in [3.05, 3.63) is 12.2 Å². The second-order valence-electron chi connectivity index (χ2n) is 4.55. The minimum Gasteiger partial charge on any atom is -0.368 e. The van der Waals surface area contributed by atoms with E-state index >= 15 is 0 Å². The highest BCUT2D eigenvalue weighted by atomic mass is 16.5. The highest BCUT2D eigenvalue weighted by Crippen LogP contribution is 2.00. The van der Waals surface area contributed by atoms with Crippen LogP contribution in [-0.2, 0) is 4.74 Å². The molecule has 0 N–H and O–H groups in total. The van der Waals surface area contributed by atoms with Gasteiger partial charge in [-0.25, -0.2) is 0 Å². The summed E-state index contributed by atoms with van der Waals surface area (Å²) in [6, 6.07) is 0. The van der Waals surface area contributed by atoms with Crippen LogP contribution in [-0.4, -0.2) is 44.9 Å². The Hall–Kier alpha value is -0.340. The van der Waals surface area contributed by atoms with Gasteiger partial charge in [0, 0.05) is 0 Å². The van der Waals surface area contributed by atoms with Gasteiger partial charge in [-0.05, 0) is 13.8 Å². The van der Waals surface area contributed by atoms with E-state index in [4.69, 9.17) is 4.74 Å². The second-order valence-corrected chi connectivity index (χ2v) is 4.55. The summed E-state index contributed by atoms with van der Waals surface area (Å²) < 4.78 is 6.51. The summed E-state index contributed by atoms with van der Waals surface area (Å²) in [6.07, 6.45) is 0.307. The van der Waals surface area contributed by atoms with E-state index in [2.05, 4.69) is 34.6 Å². The first-order chi connectivity index (χ1) is 5.31. The maximum absolute atomic E-state index is 5.56. The van der Waals surface area contributed by atoms with Gasteiger partial charge in [-0.15, -0.1) is 0 Å². The van der Waals surface area contributed by atoms with E-state index in [1.54, 1.807) is 0 Å². The Labute approximate surface area is 76.4 Å². The van der Waals surface area contributed by atoms with E-state index in [0.717, 1.165) is 16.6 Å². The Morgan fingerprint density at radius 1 is 1.42 bits per heavy atom. The molecule has 1 atom stereocenters. The average molecular weight is 172 g/mol. The van der Waals surface area contributed by atoms with Crippen LogP contribution < -0.4 is 0 Å². The lowest BCUT2D eigenvalue weighted by Gasteiger charge is -2.27. The summed E-state index contributed by atoms with van der Waals surface area (Å²) >= 11 is 0. The molecule has 0 aliphatic rings. The fourth-order valence-electron chi connectivity index (χ4n) is 1.11. The predicted molar refractivity (Wildman–Crippen MR) is 53.1 cm³/mol. The molecule has 0 amide bonds. The Bertz CT molecular complexity index is 146. The van der Waals surface area contributed by atoms with Crippen molar-refractivity contribution in [3.8, 4) is 0 Å². The van der Waals surface area contributed by atoms with Crippen LogP contribution >= 0.6 is 0 Å². The third-order valence-corrected chi connectivity index (χ3v) is 1.42. The smallest absolute Gasteiger partial charge is 0.104 e. The van der Waals surface area contributed by atoms with E-state index in [-0.39, 0.29) is 0 Å². The number of hydrogen-bond donors (Lipinski definition) is 0. The summed E-state index contributed by atoms with van der Waals surface area (Å²) in [7, 11) is 6.50. The molecule has 0 rings (SSSR count). The van der Waals surface area contributed by atoms with Gasteiger partial charge in [0.15, 0.2) is 0 Å². The third kappa shape index (κ3) is 7.76. The van der Waals surface area contributed by atoms with E-state index in [9.17, 15) is 0 Å². The Balaban J connectivity index is 3.60. The zero-order valence-corrected chi connectivity index (χ0v) is 9.05. The van der Waals surface area contributed by atoms with Crippen LogP contribution in [0.2, 0.25) is 0 Å². The van der Waals surface area contributed by atoms with Crippen molar-refractivity contribution < 1.29 is 9.22 Å².